The standard InChI is InChI=1S/C11H6Cl2N2/c12-8-3-1-6-5-7-2-4-9(13)15-11(7)10(6)14-8/h1-5,14H. The summed E-state index contributed by atoms with van der Waals surface area (Å²) < 4.78 is 0. The number of fused-ring (bicyclic) bond motifs is 3. The molecule has 2 nitrogen and oxygen atoms in total. The second-order valence-electron chi connectivity index (χ2n) is 3.35. The zero-order valence-electron chi connectivity index (χ0n) is 7.59. The van der Waals surface area contributed by atoms with Crippen molar-refractivity contribution in [2.24, 2.45) is 0 Å². The van der Waals surface area contributed by atoms with E-state index in [0.717, 1.165) is 22.2 Å². The Morgan fingerprint density at radius 2 is 1.93 bits per heavy atom. The number of hydrogen-bond donors (Lipinski definition) is 1. The second-order valence-corrected chi connectivity index (χ2v) is 4.15. The molecule has 2 heterocycles. The van der Waals surface area contributed by atoms with E-state index in [1.165, 1.54) is 0 Å². The van der Waals surface area contributed by atoms with E-state index in [1.54, 1.807) is 6.07 Å². The highest BCUT2D eigenvalue weighted by Gasteiger charge is 2.11. The van der Waals surface area contributed by atoms with Crippen molar-refractivity contribution in [3.63, 3.8) is 0 Å². The fourth-order valence-corrected chi connectivity index (χ4v) is 2.03. The van der Waals surface area contributed by atoms with Crippen LogP contribution in [-0.2, 0) is 0 Å². The van der Waals surface area contributed by atoms with Crippen LogP contribution in [0.1, 0.15) is 0 Å². The normalized spacial score (nSPS) is 11.3. The smallest absolute Gasteiger partial charge is 0.129 e. The van der Waals surface area contributed by atoms with Crippen molar-refractivity contribution in [3.8, 4) is 11.3 Å². The predicted molar refractivity (Wildman–Crippen MR) is 62.7 cm³/mol. The van der Waals surface area contributed by atoms with Gasteiger partial charge < -0.3 is 4.98 Å². The van der Waals surface area contributed by atoms with Gasteiger partial charge in [0.1, 0.15) is 10.3 Å². The van der Waals surface area contributed by atoms with Crippen LogP contribution in [0.15, 0.2) is 30.3 Å². The molecule has 1 aromatic rings. The third-order valence-electron chi connectivity index (χ3n) is 2.38. The lowest BCUT2D eigenvalue weighted by molar-refractivity contribution is 1.32. The van der Waals surface area contributed by atoms with Crippen molar-refractivity contribution in [3.05, 3.63) is 40.6 Å². The number of halogens is 2. The molecule has 0 bridgehead atoms. The summed E-state index contributed by atoms with van der Waals surface area (Å²) in [6.45, 7) is 0. The van der Waals surface area contributed by atoms with Crippen LogP contribution < -0.4 is 0 Å². The van der Waals surface area contributed by atoms with Gasteiger partial charge in [-0.15, -0.1) is 0 Å². The summed E-state index contributed by atoms with van der Waals surface area (Å²) in [5.41, 5.74) is 2.88. The first-order valence-corrected chi connectivity index (χ1v) is 5.23. The van der Waals surface area contributed by atoms with Gasteiger partial charge in [-0.05, 0) is 30.3 Å². The number of nitrogens with one attached hydrogen (secondary N) is 1. The Kier molecular flexibility index (Phi) is 1.87. The quantitative estimate of drug-likeness (QED) is 0.588. The molecule has 0 atom stereocenters. The third-order valence-corrected chi connectivity index (χ3v) is 2.81. The van der Waals surface area contributed by atoms with Crippen molar-refractivity contribution < 1.29 is 0 Å². The number of aromatic nitrogens is 2. The lowest BCUT2D eigenvalue weighted by atomic mass is 10.2. The third kappa shape index (κ3) is 1.37. The summed E-state index contributed by atoms with van der Waals surface area (Å²) in [5, 5.41) is 2.15. The molecule has 0 unspecified atom stereocenters. The molecule has 1 aromatic heterocycles. The molecule has 3 rings (SSSR count). The van der Waals surface area contributed by atoms with Gasteiger partial charge in [0.15, 0.2) is 0 Å². The molecule has 15 heavy (non-hydrogen) atoms. The van der Waals surface area contributed by atoms with E-state index >= 15 is 0 Å². The fourth-order valence-electron chi connectivity index (χ4n) is 1.73. The molecule has 0 saturated carbocycles. The first kappa shape index (κ1) is 9.01. The number of hydrogen-bond acceptors (Lipinski definition) is 1. The molecule has 0 amide bonds. The minimum Gasteiger partial charge on any atom is -0.344 e. The van der Waals surface area contributed by atoms with Crippen LogP contribution in [0.3, 0.4) is 0 Å². The van der Waals surface area contributed by atoms with Gasteiger partial charge in [-0.3, -0.25) is 0 Å². The summed E-state index contributed by atoms with van der Waals surface area (Å²) in [6.07, 6.45) is 0. The van der Waals surface area contributed by atoms with Gasteiger partial charge in [0.2, 0.25) is 0 Å². The van der Waals surface area contributed by atoms with E-state index < -0.39 is 0 Å². The zero-order chi connectivity index (χ0) is 10.4. The SMILES string of the molecule is Clc1ccc2cc3ccc(Cl)[nH]c-3c2n1. The molecule has 1 aliphatic carbocycles. The first-order chi connectivity index (χ1) is 7.24. The number of pyridine rings is 2. The van der Waals surface area contributed by atoms with Gasteiger partial charge in [0, 0.05) is 10.9 Å². The van der Waals surface area contributed by atoms with Crippen molar-refractivity contribution >= 4 is 34.1 Å². The average Bonchev–Trinajstić information content (AvgIpc) is 2.56. The molecule has 1 N–H and O–H groups in total. The van der Waals surface area contributed by atoms with Gasteiger partial charge in [-0.25, -0.2) is 4.98 Å². The fraction of sp³-hybridized carbons (Fsp3) is 0. The summed E-state index contributed by atoms with van der Waals surface area (Å²) in [7, 11) is 0. The number of aromatic amines is 1. The number of H-pyrrole nitrogens is 1. The predicted octanol–water partition coefficient (Wildman–Crippen LogP) is 3.97. The molecular weight excluding hydrogens is 231 g/mol. The molecule has 1 aliphatic heterocycles. The molecule has 4 heteroatoms. The van der Waals surface area contributed by atoms with Gasteiger partial charge in [-0.1, -0.05) is 23.2 Å². The van der Waals surface area contributed by atoms with Crippen LogP contribution in [0.2, 0.25) is 10.3 Å². The van der Waals surface area contributed by atoms with Gasteiger partial charge in [-0.2, -0.15) is 0 Å². The largest absolute Gasteiger partial charge is 0.344 e. The Labute approximate surface area is 96.2 Å². The van der Waals surface area contributed by atoms with Crippen molar-refractivity contribution in [1.82, 2.24) is 9.97 Å². The maximum atomic E-state index is 5.90. The van der Waals surface area contributed by atoms with Crippen LogP contribution in [0, 0.1) is 0 Å². The summed E-state index contributed by atoms with van der Waals surface area (Å²) in [4.78, 5) is 7.36. The Hall–Kier alpha value is -1.25. The minimum absolute atomic E-state index is 0.489. The van der Waals surface area contributed by atoms with Crippen molar-refractivity contribution in [2.75, 3.05) is 0 Å². The molecule has 0 spiro atoms. The molecule has 2 aliphatic rings. The lowest BCUT2D eigenvalue weighted by Gasteiger charge is -2.00. The van der Waals surface area contributed by atoms with Gasteiger partial charge in [0.05, 0.1) is 11.2 Å². The van der Waals surface area contributed by atoms with E-state index in [0.29, 0.717) is 10.3 Å². The molecule has 0 radical (unpaired) electrons. The van der Waals surface area contributed by atoms with Crippen molar-refractivity contribution in [1.29, 1.82) is 0 Å². The Morgan fingerprint density at radius 3 is 2.80 bits per heavy atom. The maximum Gasteiger partial charge on any atom is 0.129 e. The average molecular weight is 237 g/mol. The van der Waals surface area contributed by atoms with Crippen molar-refractivity contribution in [2.45, 2.75) is 0 Å². The summed E-state index contributed by atoms with van der Waals surface area (Å²) in [5.74, 6) is 0. The molecule has 0 fully saturated rings. The van der Waals surface area contributed by atoms with Gasteiger partial charge >= 0.3 is 0 Å². The summed E-state index contributed by atoms with van der Waals surface area (Å²) in [6, 6.07) is 9.58. The second kappa shape index (κ2) is 3.12. The van der Waals surface area contributed by atoms with E-state index in [2.05, 4.69) is 16.0 Å². The highest BCUT2D eigenvalue weighted by atomic mass is 35.5. The summed E-state index contributed by atoms with van der Waals surface area (Å²) >= 11 is 11.8. The Morgan fingerprint density at radius 1 is 1.07 bits per heavy atom. The zero-order valence-corrected chi connectivity index (χ0v) is 9.10. The van der Waals surface area contributed by atoms with E-state index in [4.69, 9.17) is 23.2 Å². The highest BCUT2D eigenvalue weighted by Crippen LogP contribution is 2.32. The monoisotopic (exact) mass is 236 g/mol. The number of nitrogens with zero attached hydrogens (tertiary/aromatic N) is 1. The minimum atomic E-state index is 0.489. The maximum absolute atomic E-state index is 5.90. The van der Waals surface area contributed by atoms with Gasteiger partial charge in [0.25, 0.3) is 0 Å². The topological polar surface area (TPSA) is 28.7 Å². The van der Waals surface area contributed by atoms with E-state index in [-0.39, 0.29) is 0 Å². The molecule has 0 aromatic carbocycles. The lowest BCUT2D eigenvalue weighted by Crippen LogP contribution is -1.83. The van der Waals surface area contributed by atoms with Crippen LogP contribution in [0.5, 0.6) is 0 Å². The number of rotatable bonds is 0. The molecule has 74 valence electrons. The van der Waals surface area contributed by atoms with Crippen LogP contribution in [0.25, 0.3) is 22.2 Å². The van der Waals surface area contributed by atoms with Crippen LogP contribution >= 0.6 is 23.2 Å². The van der Waals surface area contributed by atoms with Crippen LogP contribution in [-0.4, -0.2) is 9.97 Å². The van der Waals surface area contributed by atoms with E-state index in [1.807, 2.05) is 18.2 Å². The Balaban J connectivity index is 2.48. The van der Waals surface area contributed by atoms with E-state index in [9.17, 15) is 0 Å². The Bertz CT molecular complexity index is 615. The first-order valence-electron chi connectivity index (χ1n) is 4.47. The molecule has 0 saturated heterocycles. The molecular formula is C11H6Cl2N2. The van der Waals surface area contributed by atoms with Crippen LogP contribution in [0.4, 0.5) is 0 Å². The highest BCUT2D eigenvalue weighted by molar-refractivity contribution is 6.30.